The lowest BCUT2D eigenvalue weighted by Gasteiger charge is -2.16. The molecule has 0 aliphatic heterocycles. The fourth-order valence-electron chi connectivity index (χ4n) is 0.877. The summed E-state index contributed by atoms with van der Waals surface area (Å²) >= 11 is 1.06. The highest BCUT2D eigenvalue weighted by Gasteiger charge is 2.28. The molecule has 0 atom stereocenters. The Morgan fingerprint density at radius 3 is 2.18 bits per heavy atom. The van der Waals surface area contributed by atoms with Gasteiger partial charge in [0.25, 0.3) is 10.0 Å². The van der Waals surface area contributed by atoms with Crippen molar-refractivity contribution in [3.63, 3.8) is 0 Å². The summed E-state index contributed by atoms with van der Waals surface area (Å²) in [5.74, 6) is -0.539. The third-order valence-corrected chi connectivity index (χ3v) is 4.93. The maximum absolute atomic E-state index is 11.9. The Kier molecular flexibility index (Phi) is 3.63. The first kappa shape index (κ1) is 14.1. The van der Waals surface area contributed by atoms with Gasteiger partial charge in [-0.3, -0.25) is 4.79 Å². The van der Waals surface area contributed by atoms with Crippen LogP contribution in [0.5, 0.6) is 0 Å². The Balaban J connectivity index is 3.02. The van der Waals surface area contributed by atoms with E-state index in [2.05, 4.69) is 4.98 Å². The van der Waals surface area contributed by atoms with Crippen LogP contribution in [-0.2, 0) is 14.8 Å². The fourth-order valence-corrected chi connectivity index (χ4v) is 3.35. The molecule has 96 valence electrons. The molecule has 0 aromatic carbocycles. The Morgan fingerprint density at radius 1 is 1.29 bits per heavy atom. The van der Waals surface area contributed by atoms with Gasteiger partial charge < -0.3 is 0 Å². The number of nitrogens with one attached hydrogen (secondary N) is 1. The third kappa shape index (κ3) is 3.26. The van der Waals surface area contributed by atoms with Gasteiger partial charge in [0.15, 0.2) is 0 Å². The predicted octanol–water partition coefficient (Wildman–Crippen LogP) is 1.61. The molecule has 1 heterocycles. The minimum Gasteiger partial charge on any atom is -0.273 e. The summed E-state index contributed by atoms with van der Waals surface area (Å²) in [6.45, 7) is 8.47. The van der Waals surface area contributed by atoms with E-state index in [4.69, 9.17) is 0 Å². The van der Waals surface area contributed by atoms with Gasteiger partial charge in [0.2, 0.25) is 10.2 Å². The quantitative estimate of drug-likeness (QED) is 0.890. The van der Waals surface area contributed by atoms with Gasteiger partial charge >= 0.3 is 0 Å². The van der Waals surface area contributed by atoms with E-state index >= 15 is 0 Å². The van der Waals surface area contributed by atoms with Gasteiger partial charge in [-0.15, -0.1) is 11.3 Å². The van der Waals surface area contributed by atoms with Crippen molar-refractivity contribution in [2.75, 3.05) is 0 Å². The number of rotatable bonds is 2. The van der Waals surface area contributed by atoms with Crippen LogP contribution in [0.4, 0.5) is 0 Å². The second-order valence-corrected chi connectivity index (χ2v) is 7.87. The van der Waals surface area contributed by atoms with Crippen LogP contribution in [0.2, 0.25) is 0 Å². The molecular formula is C10H16N2O3S2. The van der Waals surface area contributed by atoms with Crippen molar-refractivity contribution in [1.82, 2.24) is 9.71 Å². The van der Waals surface area contributed by atoms with Crippen LogP contribution in [0.3, 0.4) is 0 Å². The first-order valence-electron chi connectivity index (χ1n) is 5.05. The minimum absolute atomic E-state index is 0.0647. The lowest BCUT2D eigenvalue weighted by Crippen LogP contribution is -2.38. The number of nitrogens with zero attached hydrogens (tertiary/aromatic N) is 1. The maximum Gasteiger partial charge on any atom is 0.291 e. The van der Waals surface area contributed by atoms with Crippen LogP contribution in [0, 0.1) is 19.3 Å². The molecule has 1 rings (SSSR count). The lowest BCUT2D eigenvalue weighted by molar-refractivity contribution is -0.126. The van der Waals surface area contributed by atoms with Crippen LogP contribution in [-0.4, -0.2) is 19.3 Å². The van der Waals surface area contributed by atoms with E-state index in [1.54, 1.807) is 34.6 Å². The molecule has 0 saturated heterocycles. The predicted molar refractivity (Wildman–Crippen MR) is 66.4 cm³/mol. The molecule has 0 aliphatic carbocycles. The van der Waals surface area contributed by atoms with Crippen molar-refractivity contribution in [1.29, 1.82) is 0 Å². The molecular weight excluding hydrogens is 260 g/mol. The smallest absolute Gasteiger partial charge is 0.273 e. The number of carbonyl (C=O) groups excluding carboxylic acids is 1. The van der Waals surface area contributed by atoms with E-state index in [-0.39, 0.29) is 4.34 Å². The summed E-state index contributed by atoms with van der Waals surface area (Å²) in [7, 11) is -3.84. The standard InChI is InChI=1S/C10H16N2O3S2/c1-6-7(2)16-9(11-6)17(14,15)12-8(13)10(3,4)5/h1-5H3,(H,12,13). The van der Waals surface area contributed by atoms with Crippen molar-refractivity contribution in [3.8, 4) is 0 Å². The SMILES string of the molecule is Cc1nc(S(=O)(=O)NC(=O)C(C)(C)C)sc1C. The summed E-state index contributed by atoms with van der Waals surface area (Å²) in [6.07, 6.45) is 0. The largest absolute Gasteiger partial charge is 0.291 e. The molecule has 0 radical (unpaired) electrons. The van der Waals surface area contributed by atoms with Crippen molar-refractivity contribution < 1.29 is 13.2 Å². The highest BCUT2D eigenvalue weighted by atomic mass is 32.2. The van der Waals surface area contributed by atoms with Gasteiger partial charge in [0.1, 0.15) is 0 Å². The van der Waals surface area contributed by atoms with E-state index < -0.39 is 21.3 Å². The number of hydrogen-bond acceptors (Lipinski definition) is 5. The van der Waals surface area contributed by atoms with Crippen molar-refractivity contribution in [2.24, 2.45) is 5.41 Å². The molecule has 1 amide bonds. The summed E-state index contributed by atoms with van der Waals surface area (Å²) in [5, 5.41) is 0. The molecule has 1 N–H and O–H groups in total. The molecule has 5 nitrogen and oxygen atoms in total. The molecule has 0 unspecified atom stereocenters. The molecule has 0 aliphatic rings. The zero-order chi connectivity index (χ0) is 13.4. The normalized spacial score (nSPS) is 12.5. The lowest BCUT2D eigenvalue weighted by atomic mass is 9.96. The topological polar surface area (TPSA) is 76.1 Å². The summed E-state index contributed by atoms with van der Waals surface area (Å²) in [4.78, 5) is 16.4. The molecule has 0 fully saturated rings. The second kappa shape index (κ2) is 4.38. The first-order valence-corrected chi connectivity index (χ1v) is 7.35. The number of sulfonamides is 1. The second-order valence-electron chi connectivity index (χ2n) is 4.81. The summed E-state index contributed by atoms with van der Waals surface area (Å²) in [5.41, 5.74) is -0.0902. The first-order chi connectivity index (χ1) is 7.54. The van der Waals surface area contributed by atoms with Crippen molar-refractivity contribution >= 4 is 27.3 Å². The van der Waals surface area contributed by atoms with Crippen LogP contribution in [0.15, 0.2) is 4.34 Å². The molecule has 17 heavy (non-hydrogen) atoms. The summed E-state index contributed by atoms with van der Waals surface area (Å²) in [6, 6.07) is 0. The highest BCUT2D eigenvalue weighted by Crippen LogP contribution is 2.22. The van der Waals surface area contributed by atoms with Gasteiger partial charge in [0.05, 0.1) is 5.69 Å². The van der Waals surface area contributed by atoms with Crippen LogP contribution in [0.1, 0.15) is 31.3 Å². The Bertz CT molecular complexity index is 519. The van der Waals surface area contributed by atoms with E-state index in [1.165, 1.54) is 0 Å². The van der Waals surface area contributed by atoms with E-state index in [1.807, 2.05) is 4.72 Å². The average molecular weight is 276 g/mol. The Labute approximate surface area is 105 Å². The average Bonchev–Trinajstić information content (AvgIpc) is 2.45. The molecule has 0 bridgehead atoms. The molecule has 0 saturated carbocycles. The van der Waals surface area contributed by atoms with Gasteiger partial charge in [-0.25, -0.2) is 9.71 Å². The highest BCUT2D eigenvalue weighted by molar-refractivity contribution is 7.92. The van der Waals surface area contributed by atoms with Gasteiger partial charge in [-0.2, -0.15) is 8.42 Å². The van der Waals surface area contributed by atoms with E-state index in [0.29, 0.717) is 5.69 Å². The zero-order valence-corrected chi connectivity index (χ0v) is 12.1. The van der Waals surface area contributed by atoms with E-state index in [9.17, 15) is 13.2 Å². The van der Waals surface area contributed by atoms with Crippen molar-refractivity contribution in [2.45, 2.75) is 39.0 Å². The molecule has 1 aromatic rings. The number of aryl methyl sites for hydroxylation is 2. The number of carbonyl (C=O) groups is 1. The van der Waals surface area contributed by atoms with Gasteiger partial charge in [0, 0.05) is 10.3 Å². The molecule has 7 heteroatoms. The minimum atomic E-state index is -3.84. The van der Waals surface area contributed by atoms with Gasteiger partial charge in [-0.1, -0.05) is 20.8 Å². The number of hydrogen-bond donors (Lipinski definition) is 1. The third-order valence-electron chi connectivity index (χ3n) is 2.15. The Morgan fingerprint density at radius 2 is 1.82 bits per heavy atom. The number of thiazole rings is 1. The summed E-state index contributed by atoms with van der Waals surface area (Å²) < 4.78 is 25.7. The van der Waals surface area contributed by atoms with Crippen LogP contribution < -0.4 is 4.72 Å². The number of aromatic nitrogens is 1. The zero-order valence-electron chi connectivity index (χ0n) is 10.5. The van der Waals surface area contributed by atoms with Gasteiger partial charge in [-0.05, 0) is 13.8 Å². The van der Waals surface area contributed by atoms with Crippen LogP contribution in [0.25, 0.3) is 0 Å². The number of amides is 1. The fraction of sp³-hybridized carbons (Fsp3) is 0.600. The molecule has 1 aromatic heterocycles. The van der Waals surface area contributed by atoms with E-state index in [0.717, 1.165) is 16.2 Å². The van der Waals surface area contributed by atoms with Crippen molar-refractivity contribution in [3.05, 3.63) is 10.6 Å². The maximum atomic E-state index is 11.9. The molecule has 0 spiro atoms. The van der Waals surface area contributed by atoms with Crippen LogP contribution >= 0.6 is 11.3 Å². The monoisotopic (exact) mass is 276 g/mol. The Hall–Kier alpha value is -0.950.